The van der Waals surface area contributed by atoms with Crippen molar-refractivity contribution in [1.82, 2.24) is 40.4 Å². The number of nitrogens with zero attached hydrogens (tertiary/aromatic N) is 6. The Bertz CT molecular complexity index is 2180. The van der Waals surface area contributed by atoms with Crippen molar-refractivity contribution in [3.63, 3.8) is 0 Å². The molecule has 3 aromatic heterocycles. The van der Waals surface area contributed by atoms with E-state index in [9.17, 15) is 14.4 Å². The van der Waals surface area contributed by atoms with Crippen LogP contribution in [0.15, 0.2) is 54.7 Å². The molecule has 12 nitrogen and oxygen atoms in total. The lowest BCUT2D eigenvalue weighted by Gasteiger charge is -2.36. The van der Waals surface area contributed by atoms with Crippen LogP contribution in [0.2, 0.25) is 0 Å². The molecular formula is C40H45N9O3S. The summed E-state index contributed by atoms with van der Waals surface area (Å²) in [5.74, 6) is 1.09. The van der Waals surface area contributed by atoms with Crippen molar-refractivity contribution >= 4 is 55.7 Å². The number of amides is 3. The second kappa shape index (κ2) is 14.3. The molecule has 7 heterocycles. The molecule has 2 aromatic carbocycles. The molecule has 0 radical (unpaired) electrons. The highest BCUT2D eigenvalue weighted by atomic mass is 32.1. The number of hydrogen-bond donors (Lipinski definition) is 3. The van der Waals surface area contributed by atoms with E-state index in [1.807, 2.05) is 25.3 Å². The van der Waals surface area contributed by atoms with Gasteiger partial charge in [-0.05, 0) is 107 Å². The van der Waals surface area contributed by atoms with Crippen molar-refractivity contribution in [2.45, 2.75) is 69.2 Å². The van der Waals surface area contributed by atoms with Gasteiger partial charge in [0.25, 0.3) is 5.91 Å². The van der Waals surface area contributed by atoms with E-state index in [4.69, 9.17) is 4.98 Å². The molecule has 9 rings (SSSR count). The van der Waals surface area contributed by atoms with E-state index in [2.05, 4.69) is 72.5 Å². The number of thiophene rings is 1. The highest BCUT2D eigenvalue weighted by Gasteiger charge is 2.29. The largest absolute Gasteiger partial charge is 0.381 e. The topological polar surface area (TPSA) is 137 Å². The lowest BCUT2D eigenvalue weighted by Crippen LogP contribution is -2.41. The quantitative estimate of drug-likeness (QED) is 0.194. The van der Waals surface area contributed by atoms with E-state index in [-0.39, 0.29) is 29.7 Å². The first kappa shape index (κ1) is 34.1. The molecule has 0 bridgehead atoms. The van der Waals surface area contributed by atoms with Crippen molar-refractivity contribution in [3.05, 3.63) is 76.4 Å². The van der Waals surface area contributed by atoms with Gasteiger partial charge in [-0.1, -0.05) is 29.5 Å². The molecular weight excluding hydrogens is 687 g/mol. The Morgan fingerprint density at radius 1 is 0.830 bits per heavy atom. The van der Waals surface area contributed by atoms with Crippen LogP contribution in [0.3, 0.4) is 0 Å². The predicted molar refractivity (Wildman–Crippen MR) is 206 cm³/mol. The number of aromatic nitrogens is 4. The Kier molecular flexibility index (Phi) is 9.17. The first-order valence-corrected chi connectivity index (χ1v) is 19.9. The maximum Gasteiger partial charge on any atom is 0.263 e. The molecule has 4 aliphatic heterocycles. The number of hydrogen-bond acceptors (Lipinski definition) is 10. The monoisotopic (exact) mass is 731 g/mol. The van der Waals surface area contributed by atoms with Crippen LogP contribution in [-0.2, 0) is 9.59 Å². The predicted octanol–water partition coefficient (Wildman–Crippen LogP) is 5.15. The van der Waals surface area contributed by atoms with Crippen molar-refractivity contribution in [3.8, 4) is 5.82 Å². The smallest absolute Gasteiger partial charge is 0.263 e. The average Bonchev–Trinajstić information content (AvgIpc) is 3.80. The third-order valence-corrected chi connectivity index (χ3v) is 13.0. The van der Waals surface area contributed by atoms with E-state index in [1.165, 1.54) is 16.9 Å². The normalized spacial score (nSPS) is 22.4. The fourth-order valence-electron chi connectivity index (χ4n) is 8.66. The minimum absolute atomic E-state index is 0.0247. The molecule has 3 saturated heterocycles. The van der Waals surface area contributed by atoms with Gasteiger partial charge in [0, 0.05) is 53.5 Å². The number of carbonyl (C=O) groups is 3. The third-order valence-electron chi connectivity index (χ3n) is 11.8. The van der Waals surface area contributed by atoms with Crippen LogP contribution in [0.1, 0.15) is 89.7 Å². The Labute approximate surface area is 312 Å². The molecule has 3 amide bonds. The number of carbonyl (C=O) groups excluding carboxylic acids is 3. The average molecular weight is 732 g/mol. The minimum Gasteiger partial charge on any atom is -0.381 e. The highest BCUT2D eigenvalue weighted by Crippen LogP contribution is 2.41. The number of benzene rings is 2. The lowest BCUT2D eigenvalue weighted by molar-refractivity contribution is -0.134. The van der Waals surface area contributed by atoms with Gasteiger partial charge in [-0.2, -0.15) is 0 Å². The summed E-state index contributed by atoms with van der Waals surface area (Å²) in [7, 11) is 0. The van der Waals surface area contributed by atoms with Gasteiger partial charge in [0.2, 0.25) is 11.8 Å². The Morgan fingerprint density at radius 2 is 1.55 bits per heavy atom. The van der Waals surface area contributed by atoms with Crippen LogP contribution in [0.5, 0.6) is 0 Å². The van der Waals surface area contributed by atoms with Crippen LogP contribution in [0.25, 0.3) is 26.8 Å². The van der Waals surface area contributed by atoms with Crippen LogP contribution < -0.4 is 16.0 Å². The van der Waals surface area contributed by atoms with Crippen LogP contribution in [0.4, 0.5) is 5.69 Å². The van der Waals surface area contributed by atoms with Crippen LogP contribution in [-0.4, -0.2) is 99.4 Å². The number of fused-ring (bicyclic) bond motifs is 5. The zero-order chi connectivity index (χ0) is 36.1. The summed E-state index contributed by atoms with van der Waals surface area (Å²) in [5, 5.41) is 20.2. The molecule has 0 aliphatic carbocycles. The van der Waals surface area contributed by atoms with E-state index >= 15 is 0 Å². The Balaban J connectivity index is 0.762. The summed E-state index contributed by atoms with van der Waals surface area (Å²) < 4.78 is 2.87. The lowest BCUT2D eigenvalue weighted by atomic mass is 9.86. The van der Waals surface area contributed by atoms with E-state index in [1.54, 1.807) is 4.68 Å². The standard InChI is InChI=1S/C40H45N9O3S/c1-24-22-41-37-36-30-6-10-34(43-31(30)8-9-33(36)53-38(37)40(52)42-24)49-23-32(45-46-49)28-14-18-48(19-15-28)21-20-47-16-12-26(13-17-47)25-2-4-27(5-3-25)29-7-11-35(50)44-39(29)51/h2-6,8-10,23-24,26,28-29,41H,7,11-22H2,1H3,(H,42,52)(H,44,50,51)/t24-,29?/m1/s1. The van der Waals surface area contributed by atoms with Crippen molar-refractivity contribution in [2.75, 3.05) is 51.1 Å². The Hall–Kier alpha value is -4.72. The number of nitrogens with one attached hydrogen (secondary N) is 3. The van der Waals surface area contributed by atoms with E-state index < -0.39 is 0 Å². The van der Waals surface area contributed by atoms with Crippen LogP contribution >= 0.6 is 11.3 Å². The van der Waals surface area contributed by atoms with Crippen LogP contribution in [0, 0.1) is 0 Å². The number of piperidine rings is 3. The second-order valence-electron chi connectivity index (χ2n) is 15.2. The SMILES string of the molecule is C[C@@H]1CNc2c(sc3ccc4nc(-n5cc(C6CCN(CCN7CCC(c8ccc(C9CCC(=O)NC9=O)cc8)CC7)CC6)nn5)ccc4c23)C(=O)N1. The zero-order valence-corrected chi connectivity index (χ0v) is 30.8. The van der Waals surface area contributed by atoms with Gasteiger partial charge < -0.3 is 20.4 Å². The molecule has 3 N–H and O–H groups in total. The number of imide groups is 1. The molecule has 274 valence electrons. The molecule has 0 saturated carbocycles. The fraction of sp³-hybridized carbons (Fsp3) is 0.450. The van der Waals surface area contributed by atoms with E-state index in [0.717, 1.165) is 114 Å². The Morgan fingerprint density at radius 3 is 2.28 bits per heavy atom. The number of anilines is 1. The first-order valence-electron chi connectivity index (χ1n) is 19.1. The first-order chi connectivity index (χ1) is 25.9. The van der Waals surface area contributed by atoms with Gasteiger partial charge in [-0.25, -0.2) is 9.67 Å². The molecule has 2 atom stereocenters. The summed E-state index contributed by atoms with van der Waals surface area (Å²) in [6.07, 6.45) is 7.49. The molecule has 53 heavy (non-hydrogen) atoms. The summed E-state index contributed by atoms with van der Waals surface area (Å²) in [5.41, 5.74) is 5.16. The fourth-order valence-corrected chi connectivity index (χ4v) is 9.75. The van der Waals surface area contributed by atoms with Crippen molar-refractivity contribution in [2.24, 2.45) is 0 Å². The van der Waals surface area contributed by atoms with Gasteiger partial charge in [-0.3, -0.25) is 19.7 Å². The minimum atomic E-state index is -0.222. The number of rotatable bonds is 7. The van der Waals surface area contributed by atoms with Gasteiger partial charge >= 0.3 is 0 Å². The molecule has 13 heteroatoms. The zero-order valence-electron chi connectivity index (χ0n) is 30.0. The summed E-state index contributed by atoms with van der Waals surface area (Å²) in [4.78, 5) is 47.5. The third kappa shape index (κ3) is 6.81. The molecule has 4 aliphatic rings. The van der Waals surface area contributed by atoms with Gasteiger partial charge in [0.1, 0.15) is 4.88 Å². The summed E-state index contributed by atoms with van der Waals surface area (Å²) >= 11 is 1.52. The number of likely N-dealkylation sites (tertiary alicyclic amines) is 2. The summed E-state index contributed by atoms with van der Waals surface area (Å²) in [6, 6.07) is 16.8. The highest BCUT2D eigenvalue weighted by molar-refractivity contribution is 7.21. The molecule has 1 unspecified atom stereocenters. The van der Waals surface area contributed by atoms with Gasteiger partial charge in [0.05, 0.1) is 29.0 Å². The maximum atomic E-state index is 12.8. The molecule has 0 spiro atoms. The van der Waals surface area contributed by atoms with Gasteiger partial charge in [0.15, 0.2) is 5.82 Å². The molecule has 5 aromatic rings. The van der Waals surface area contributed by atoms with E-state index in [0.29, 0.717) is 31.2 Å². The molecule has 3 fully saturated rings. The summed E-state index contributed by atoms with van der Waals surface area (Å²) in [6.45, 7) is 9.21. The van der Waals surface area contributed by atoms with Gasteiger partial charge in [-0.15, -0.1) is 16.4 Å². The second-order valence-corrected chi connectivity index (χ2v) is 16.3. The van der Waals surface area contributed by atoms with Crippen molar-refractivity contribution < 1.29 is 14.4 Å². The van der Waals surface area contributed by atoms with Crippen molar-refractivity contribution in [1.29, 1.82) is 0 Å². The number of pyridine rings is 1. The maximum absolute atomic E-state index is 12.8.